The minimum atomic E-state index is -3.93. The zero-order chi connectivity index (χ0) is 27.0. The fraction of sp³-hybridized carbons (Fsp3) is 0.172. The van der Waals surface area contributed by atoms with Gasteiger partial charge in [0.2, 0.25) is 0 Å². The highest BCUT2D eigenvalue weighted by molar-refractivity contribution is 7.92. The lowest BCUT2D eigenvalue weighted by Gasteiger charge is -2.28. The lowest BCUT2D eigenvalue weighted by molar-refractivity contribution is 0.0684. The predicted octanol–water partition coefficient (Wildman–Crippen LogP) is 7.70. The number of nitrogens with zero attached hydrogens (tertiary/aromatic N) is 2. The summed E-state index contributed by atoms with van der Waals surface area (Å²) in [7, 11) is -3.93. The summed E-state index contributed by atoms with van der Waals surface area (Å²) in [5.41, 5.74) is 2.76. The van der Waals surface area contributed by atoms with Gasteiger partial charge in [0.05, 0.1) is 16.6 Å². The van der Waals surface area contributed by atoms with Gasteiger partial charge in [-0.25, -0.2) is 13.4 Å². The number of carbonyl (C=O) groups excluding carboxylic acids is 1. The maximum absolute atomic E-state index is 14.0. The number of thiophene rings is 2. The van der Waals surface area contributed by atoms with E-state index >= 15 is 0 Å². The maximum Gasteiger partial charge on any atom is 0.274 e. The number of fused-ring (bicyclic) bond motifs is 1. The molecule has 1 N–H and O–H groups in total. The quantitative estimate of drug-likeness (QED) is 0.249. The standard InChI is InChI=1S/C29H24ClN3O3S3/c30-21-11-13-22(14-12-21)32-39(35,36)24-8-1-6-20(18-24)29(34)33-28(26-10-4-16-38-26)25-9-2-5-19(27(25)31-33)17-23-7-3-15-37-23/h1,3-4,6-8,10-18,25,28,32H,2,5,9H2/b19-17-/t25-,28+/m1/s1. The monoisotopic (exact) mass is 593 g/mol. The molecular weight excluding hydrogens is 570 g/mol. The van der Waals surface area contributed by atoms with E-state index in [1.54, 1.807) is 64.1 Å². The molecule has 0 radical (unpaired) electrons. The third-order valence-electron chi connectivity index (χ3n) is 6.89. The molecule has 2 aromatic heterocycles. The smallest absolute Gasteiger partial charge is 0.274 e. The molecule has 4 aromatic rings. The van der Waals surface area contributed by atoms with Crippen molar-refractivity contribution in [1.82, 2.24) is 5.01 Å². The molecule has 0 unspecified atom stereocenters. The molecule has 6 rings (SSSR count). The van der Waals surface area contributed by atoms with Crippen molar-refractivity contribution in [2.24, 2.45) is 11.0 Å². The molecule has 2 atom stereocenters. The van der Waals surface area contributed by atoms with Crippen molar-refractivity contribution in [3.05, 3.63) is 109 Å². The number of carbonyl (C=O) groups is 1. The van der Waals surface area contributed by atoms with Gasteiger partial charge in [-0.3, -0.25) is 9.52 Å². The third-order valence-corrected chi connectivity index (χ3v) is 10.3. The fourth-order valence-corrected chi connectivity index (χ4v) is 7.90. The van der Waals surface area contributed by atoms with Gasteiger partial charge in [0, 0.05) is 31.9 Å². The zero-order valence-corrected chi connectivity index (χ0v) is 23.9. The predicted molar refractivity (Wildman–Crippen MR) is 159 cm³/mol. The van der Waals surface area contributed by atoms with Crippen molar-refractivity contribution in [3.63, 3.8) is 0 Å². The Bertz CT molecular complexity index is 1660. The highest BCUT2D eigenvalue weighted by Gasteiger charge is 2.44. The number of hydrogen-bond donors (Lipinski definition) is 1. The SMILES string of the molecule is O=C(c1cccc(S(=O)(=O)Nc2ccc(Cl)cc2)c1)N1N=C2/C(=C\c3cccs3)CCC[C@H]2[C@H]1c1cccs1. The van der Waals surface area contributed by atoms with Crippen LogP contribution in [-0.2, 0) is 10.0 Å². The van der Waals surface area contributed by atoms with Crippen LogP contribution in [0.1, 0.15) is 45.4 Å². The molecule has 2 aromatic carbocycles. The normalized spacial score (nSPS) is 20.1. The van der Waals surface area contributed by atoms with Gasteiger partial charge in [-0.2, -0.15) is 5.10 Å². The van der Waals surface area contributed by atoms with Crippen LogP contribution in [0.4, 0.5) is 5.69 Å². The van der Waals surface area contributed by atoms with E-state index in [-0.39, 0.29) is 28.3 Å². The number of hydrogen-bond acceptors (Lipinski definition) is 6. The van der Waals surface area contributed by atoms with Crippen LogP contribution in [0.15, 0.2) is 99.1 Å². The molecule has 2 aliphatic rings. The molecule has 1 saturated carbocycles. The first kappa shape index (κ1) is 26.0. The number of sulfonamides is 1. The van der Waals surface area contributed by atoms with Gasteiger partial charge in [-0.15, -0.1) is 22.7 Å². The molecule has 1 amide bonds. The summed E-state index contributed by atoms with van der Waals surface area (Å²) in [5, 5.41) is 11.1. The molecule has 39 heavy (non-hydrogen) atoms. The van der Waals surface area contributed by atoms with E-state index in [1.807, 2.05) is 23.6 Å². The Morgan fingerprint density at radius 3 is 2.56 bits per heavy atom. The summed E-state index contributed by atoms with van der Waals surface area (Å²) in [4.78, 5) is 16.2. The van der Waals surface area contributed by atoms with Crippen molar-refractivity contribution in [2.75, 3.05) is 4.72 Å². The number of allylic oxidation sites excluding steroid dienone is 1. The second-order valence-electron chi connectivity index (χ2n) is 9.42. The Kier molecular flexibility index (Phi) is 7.16. The number of benzene rings is 2. The van der Waals surface area contributed by atoms with Crippen molar-refractivity contribution < 1.29 is 13.2 Å². The number of nitrogens with one attached hydrogen (secondary N) is 1. The molecule has 198 valence electrons. The van der Waals surface area contributed by atoms with E-state index in [0.717, 1.165) is 40.3 Å². The van der Waals surface area contributed by atoms with Crippen LogP contribution in [0.25, 0.3) is 6.08 Å². The lowest BCUT2D eigenvalue weighted by atomic mass is 9.79. The van der Waals surface area contributed by atoms with E-state index in [0.29, 0.717) is 10.7 Å². The van der Waals surface area contributed by atoms with E-state index in [9.17, 15) is 13.2 Å². The van der Waals surface area contributed by atoms with Gasteiger partial charge in [0.25, 0.3) is 15.9 Å². The second-order valence-corrected chi connectivity index (χ2v) is 13.5. The van der Waals surface area contributed by atoms with Crippen molar-refractivity contribution >= 4 is 67.7 Å². The second kappa shape index (κ2) is 10.7. The number of halogens is 1. The molecule has 1 aliphatic carbocycles. The summed E-state index contributed by atoms with van der Waals surface area (Å²) in [6.07, 6.45) is 5.06. The Hall–Kier alpha value is -3.24. The van der Waals surface area contributed by atoms with E-state index in [2.05, 4.69) is 22.2 Å². The van der Waals surface area contributed by atoms with Gasteiger partial charge in [-0.1, -0.05) is 29.8 Å². The van der Waals surface area contributed by atoms with Crippen LogP contribution >= 0.6 is 34.3 Å². The molecule has 0 saturated heterocycles. The van der Waals surface area contributed by atoms with E-state index in [4.69, 9.17) is 16.7 Å². The molecular formula is C29H24ClN3O3S3. The van der Waals surface area contributed by atoms with Crippen LogP contribution in [-0.4, -0.2) is 25.0 Å². The van der Waals surface area contributed by atoms with Gasteiger partial charge in [0.15, 0.2) is 0 Å². The Labute approximate surface area is 240 Å². The summed E-state index contributed by atoms with van der Waals surface area (Å²) >= 11 is 9.21. The van der Waals surface area contributed by atoms with Gasteiger partial charge in [0.1, 0.15) is 0 Å². The zero-order valence-electron chi connectivity index (χ0n) is 20.7. The Morgan fingerprint density at radius 2 is 1.82 bits per heavy atom. The van der Waals surface area contributed by atoms with Crippen LogP contribution in [0.5, 0.6) is 0 Å². The van der Waals surface area contributed by atoms with E-state index < -0.39 is 10.0 Å². The highest BCUT2D eigenvalue weighted by atomic mass is 35.5. The average molecular weight is 594 g/mol. The minimum Gasteiger partial charge on any atom is -0.280 e. The Balaban J connectivity index is 1.34. The topological polar surface area (TPSA) is 78.8 Å². The minimum absolute atomic E-state index is 0.00137. The number of rotatable bonds is 6. The fourth-order valence-electron chi connectivity index (χ4n) is 5.11. The van der Waals surface area contributed by atoms with Crippen molar-refractivity contribution in [3.8, 4) is 0 Å². The van der Waals surface area contributed by atoms with Gasteiger partial charge >= 0.3 is 0 Å². The molecule has 0 bridgehead atoms. The third kappa shape index (κ3) is 5.32. The molecule has 0 spiro atoms. The number of hydrazone groups is 1. The van der Waals surface area contributed by atoms with Crippen LogP contribution in [0, 0.1) is 5.92 Å². The van der Waals surface area contributed by atoms with Gasteiger partial charge < -0.3 is 0 Å². The summed E-state index contributed by atoms with van der Waals surface area (Å²) in [6, 6.07) is 20.4. The molecule has 1 fully saturated rings. The first-order valence-electron chi connectivity index (χ1n) is 12.5. The highest BCUT2D eigenvalue weighted by Crippen LogP contribution is 2.46. The van der Waals surface area contributed by atoms with Crippen LogP contribution in [0.2, 0.25) is 5.02 Å². The maximum atomic E-state index is 14.0. The molecule has 10 heteroatoms. The summed E-state index contributed by atoms with van der Waals surface area (Å²) < 4.78 is 28.8. The number of anilines is 1. The van der Waals surface area contributed by atoms with Crippen LogP contribution in [0.3, 0.4) is 0 Å². The number of amides is 1. The molecule has 3 heterocycles. The Morgan fingerprint density at radius 1 is 1.03 bits per heavy atom. The lowest BCUT2D eigenvalue weighted by Crippen LogP contribution is -2.31. The largest absolute Gasteiger partial charge is 0.280 e. The van der Waals surface area contributed by atoms with Crippen LogP contribution < -0.4 is 4.72 Å². The van der Waals surface area contributed by atoms with Gasteiger partial charge in [-0.05, 0) is 96.3 Å². The van der Waals surface area contributed by atoms with E-state index in [1.165, 1.54) is 12.1 Å². The molecule has 1 aliphatic heterocycles. The first-order valence-corrected chi connectivity index (χ1v) is 16.1. The van der Waals surface area contributed by atoms with Crippen molar-refractivity contribution in [1.29, 1.82) is 0 Å². The average Bonchev–Trinajstić information content (AvgIpc) is 3.71. The first-order chi connectivity index (χ1) is 18.9. The summed E-state index contributed by atoms with van der Waals surface area (Å²) in [6.45, 7) is 0. The molecule has 6 nitrogen and oxygen atoms in total. The van der Waals surface area contributed by atoms with Crippen molar-refractivity contribution in [2.45, 2.75) is 30.2 Å². The summed E-state index contributed by atoms with van der Waals surface area (Å²) in [5.74, 6) is -0.236.